The maximum absolute atomic E-state index is 6.41. The van der Waals surface area contributed by atoms with Crippen LogP contribution in [0.1, 0.15) is 25.0 Å². The zero-order valence-electron chi connectivity index (χ0n) is 16.2. The van der Waals surface area contributed by atoms with Crippen LogP contribution in [0, 0.1) is 0 Å². The van der Waals surface area contributed by atoms with E-state index in [1.807, 2.05) is 48.2 Å². The Morgan fingerprint density at radius 3 is 2.34 bits per heavy atom. The van der Waals surface area contributed by atoms with Crippen LogP contribution in [-0.4, -0.2) is 9.97 Å². The molecule has 0 spiro atoms. The van der Waals surface area contributed by atoms with Crippen LogP contribution in [0.25, 0.3) is 22.6 Å². The number of rotatable bonds is 2. The Morgan fingerprint density at radius 2 is 1.52 bits per heavy atom. The molecule has 0 atom stereocenters. The highest BCUT2D eigenvalue weighted by atomic mass is 35.5. The SMILES string of the molecule is CC1(C)c2ccccc2Sc2c(-c3cc(Cl)nc(-c4ccccc4)n3)cccc21. The minimum absolute atomic E-state index is 0.0771. The minimum atomic E-state index is -0.0771. The highest BCUT2D eigenvalue weighted by Gasteiger charge is 2.34. The van der Waals surface area contributed by atoms with Crippen molar-refractivity contribution in [3.05, 3.63) is 95.1 Å². The second-order valence-corrected chi connectivity index (χ2v) is 9.11. The molecule has 142 valence electrons. The molecule has 29 heavy (non-hydrogen) atoms. The van der Waals surface area contributed by atoms with Gasteiger partial charge in [-0.05, 0) is 17.2 Å². The third-order valence-corrected chi connectivity index (χ3v) is 6.88. The van der Waals surface area contributed by atoms with Gasteiger partial charge in [0.05, 0.1) is 5.69 Å². The highest BCUT2D eigenvalue weighted by Crippen LogP contribution is 2.51. The van der Waals surface area contributed by atoms with Gasteiger partial charge >= 0.3 is 0 Å². The predicted octanol–water partition coefficient (Wildman–Crippen LogP) is 7.25. The number of benzene rings is 3. The van der Waals surface area contributed by atoms with E-state index in [2.05, 4.69) is 61.3 Å². The van der Waals surface area contributed by atoms with Crippen LogP contribution in [0.4, 0.5) is 0 Å². The van der Waals surface area contributed by atoms with Crippen molar-refractivity contribution in [1.82, 2.24) is 9.97 Å². The molecule has 5 rings (SSSR count). The third kappa shape index (κ3) is 3.15. The van der Waals surface area contributed by atoms with Gasteiger partial charge in [-0.2, -0.15) is 0 Å². The molecule has 3 aromatic carbocycles. The lowest BCUT2D eigenvalue weighted by atomic mass is 9.77. The Labute approximate surface area is 180 Å². The van der Waals surface area contributed by atoms with Crippen LogP contribution in [0.15, 0.2) is 88.7 Å². The molecule has 0 radical (unpaired) electrons. The standard InChI is InChI=1S/C25H19ClN2S/c1-25(2)18-12-6-7-14-21(18)29-23-17(11-8-13-19(23)25)20-15-22(26)28-24(27-20)16-9-4-3-5-10-16/h3-15H,1-2H3. The summed E-state index contributed by atoms with van der Waals surface area (Å²) in [6, 6.07) is 26.9. The second-order valence-electron chi connectivity index (χ2n) is 7.67. The summed E-state index contributed by atoms with van der Waals surface area (Å²) in [6.45, 7) is 4.58. The number of halogens is 1. The average molecular weight is 415 g/mol. The second kappa shape index (κ2) is 7.01. The summed E-state index contributed by atoms with van der Waals surface area (Å²) in [5.41, 5.74) is 5.50. The molecule has 0 amide bonds. The smallest absolute Gasteiger partial charge is 0.161 e. The fraction of sp³-hybridized carbons (Fsp3) is 0.120. The molecule has 0 saturated carbocycles. The van der Waals surface area contributed by atoms with Crippen molar-refractivity contribution >= 4 is 23.4 Å². The zero-order chi connectivity index (χ0) is 20.0. The summed E-state index contributed by atoms with van der Waals surface area (Å²) in [5.74, 6) is 0.645. The van der Waals surface area contributed by atoms with Crippen molar-refractivity contribution in [2.24, 2.45) is 0 Å². The van der Waals surface area contributed by atoms with Gasteiger partial charge in [0.25, 0.3) is 0 Å². The molecule has 4 aromatic rings. The van der Waals surface area contributed by atoms with Gasteiger partial charge in [-0.1, -0.05) is 104 Å². The molecule has 0 aliphatic carbocycles. The van der Waals surface area contributed by atoms with Gasteiger partial charge in [0.15, 0.2) is 5.82 Å². The van der Waals surface area contributed by atoms with E-state index in [1.165, 1.54) is 20.9 Å². The monoisotopic (exact) mass is 414 g/mol. The van der Waals surface area contributed by atoms with E-state index in [1.54, 1.807) is 0 Å². The molecule has 0 bridgehead atoms. The Balaban J connectivity index is 1.70. The fourth-order valence-electron chi connectivity index (χ4n) is 3.94. The van der Waals surface area contributed by atoms with E-state index in [-0.39, 0.29) is 5.41 Å². The molecule has 0 N–H and O–H groups in total. The summed E-state index contributed by atoms with van der Waals surface area (Å²) < 4.78 is 0. The van der Waals surface area contributed by atoms with Crippen LogP contribution >= 0.6 is 23.4 Å². The topological polar surface area (TPSA) is 25.8 Å². The van der Waals surface area contributed by atoms with Crippen molar-refractivity contribution in [1.29, 1.82) is 0 Å². The summed E-state index contributed by atoms with van der Waals surface area (Å²) in [5, 5.41) is 0.451. The van der Waals surface area contributed by atoms with Gasteiger partial charge in [0.1, 0.15) is 5.15 Å². The zero-order valence-corrected chi connectivity index (χ0v) is 17.8. The van der Waals surface area contributed by atoms with E-state index in [0.29, 0.717) is 11.0 Å². The maximum Gasteiger partial charge on any atom is 0.161 e. The van der Waals surface area contributed by atoms with E-state index < -0.39 is 0 Å². The lowest BCUT2D eigenvalue weighted by molar-refractivity contribution is 0.608. The first kappa shape index (κ1) is 18.4. The molecule has 1 aliphatic rings. The van der Waals surface area contributed by atoms with Crippen LogP contribution < -0.4 is 0 Å². The first-order valence-corrected chi connectivity index (χ1v) is 10.7. The van der Waals surface area contributed by atoms with Gasteiger partial charge in [0.2, 0.25) is 0 Å². The van der Waals surface area contributed by atoms with Gasteiger partial charge in [-0.25, -0.2) is 9.97 Å². The average Bonchev–Trinajstić information content (AvgIpc) is 2.74. The van der Waals surface area contributed by atoms with Crippen LogP contribution in [0.2, 0.25) is 5.15 Å². The number of hydrogen-bond acceptors (Lipinski definition) is 3. The van der Waals surface area contributed by atoms with Crippen molar-refractivity contribution in [2.75, 3.05) is 0 Å². The van der Waals surface area contributed by atoms with E-state index in [4.69, 9.17) is 16.6 Å². The van der Waals surface area contributed by atoms with Gasteiger partial charge < -0.3 is 0 Å². The van der Waals surface area contributed by atoms with Crippen LogP contribution in [0.3, 0.4) is 0 Å². The van der Waals surface area contributed by atoms with Crippen LogP contribution in [0.5, 0.6) is 0 Å². The lowest BCUT2D eigenvalue weighted by Crippen LogP contribution is -2.24. The molecule has 0 saturated heterocycles. The summed E-state index contributed by atoms with van der Waals surface area (Å²) in [6.07, 6.45) is 0. The number of nitrogens with zero attached hydrogens (tertiary/aromatic N) is 2. The van der Waals surface area contributed by atoms with E-state index in [0.717, 1.165) is 16.8 Å². The molecule has 0 unspecified atom stereocenters. The first-order chi connectivity index (χ1) is 14.0. The predicted molar refractivity (Wildman–Crippen MR) is 121 cm³/mol. The molecular formula is C25H19ClN2S. The molecule has 0 fully saturated rings. The van der Waals surface area contributed by atoms with Gasteiger partial charge in [-0.15, -0.1) is 0 Å². The molecule has 1 aromatic heterocycles. The van der Waals surface area contributed by atoms with E-state index in [9.17, 15) is 0 Å². The van der Waals surface area contributed by atoms with Gasteiger partial charge in [-0.3, -0.25) is 0 Å². The molecule has 1 aliphatic heterocycles. The fourth-order valence-corrected chi connectivity index (χ4v) is 5.64. The van der Waals surface area contributed by atoms with Crippen molar-refractivity contribution in [2.45, 2.75) is 29.1 Å². The Kier molecular flexibility index (Phi) is 4.45. The molecule has 4 heteroatoms. The Morgan fingerprint density at radius 1 is 0.793 bits per heavy atom. The normalized spacial score (nSPS) is 14.2. The Bertz CT molecular complexity index is 1220. The van der Waals surface area contributed by atoms with Gasteiger partial charge in [0, 0.05) is 32.4 Å². The third-order valence-electron chi connectivity index (χ3n) is 5.46. The van der Waals surface area contributed by atoms with E-state index >= 15 is 0 Å². The summed E-state index contributed by atoms with van der Waals surface area (Å²) >= 11 is 8.22. The highest BCUT2D eigenvalue weighted by molar-refractivity contribution is 7.99. The number of hydrogen-bond donors (Lipinski definition) is 0. The lowest BCUT2D eigenvalue weighted by Gasteiger charge is -2.35. The maximum atomic E-state index is 6.41. The first-order valence-electron chi connectivity index (χ1n) is 9.55. The number of aromatic nitrogens is 2. The quantitative estimate of drug-likeness (QED) is 0.323. The van der Waals surface area contributed by atoms with Crippen molar-refractivity contribution in [3.63, 3.8) is 0 Å². The molecule has 2 heterocycles. The van der Waals surface area contributed by atoms with Crippen LogP contribution in [-0.2, 0) is 5.41 Å². The van der Waals surface area contributed by atoms with Crippen molar-refractivity contribution in [3.8, 4) is 22.6 Å². The number of fused-ring (bicyclic) bond motifs is 2. The van der Waals surface area contributed by atoms with Crippen molar-refractivity contribution < 1.29 is 0 Å². The minimum Gasteiger partial charge on any atom is -0.228 e. The largest absolute Gasteiger partial charge is 0.228 e. The summed E-state index contributed by atoms with van der Waals surface area (Å²) in [4.78, 5) is 11.9. The molecule has 2 nitrogen and oxygen atoms in total. The molecular weight excluding hydrogens is 396 g/mol. The Hall–Kier alpha value is -2.62. The summed E-state index contributed by atoms with van der Waals surface area (Å²) in [7, 11) is 0.